The highest BCUT2D eigenvalue weighted by molar-refractivity contribution is 9.10. The third-order valence-corrected chi connectivity index (χ3v) is 3.27. The molecular weight excluding hydrogens is 285 g/mol. The summed E-state index contributed by atoms with van der Waals surface area (Å²) in [4.78, 5) is 4.20. The second kappa shape index (κ2) is 5.31. The summed E-state index contributed by atoms with van der Waals surface area (Å²) in [7, 11) is 0. The smallest absolute Gasteiger partial charge is 0.203 e. The number of rotatable bonds is 4. The van der Waals surface area contributed by atoms with E-state index in [0.717, 1.165) is 22.5 Å². The first-order valence-electron chi connectivity index (χ1n) is 5.39. The molecule has 1 heterocycles. The molecule has 90 valence electrons. The van der Waals surface area contributed by atoms with Crippen LogP contribution in [0.15, 0.2) is 35.1 Å². The van der Waals surface area contributed by atoms with Crippen LogP contribution < -0.4 is 5.32 Å². The van der Waals surface area contributed by atoms with Gasteiger partial charge < -0.3 is 9.88 Å². The van der Waals surface area contributed by atoms with Crippen molar-refractivity contribution in [1.29, 1.82) is 0 Å². The Labute approximate surface area is 108 Å². The zero-order valence-corrected chi connectivity index (χ0v) is 11.0. The fraction of sp³-hybridized carbons (Fsp3) is 0.250. The number of nitrogens with one attached hydrogen (secondary N) is 1. The average Bonchev–Trinajstić information content (AvgIpc) is 2.77. The first-order valence-corrected chi connectivity index (χ1v) is 6.19. The van der Waals surface area contributed by atoms with Crippen LogP contribution in [0, 0.1) is 5.82 Å². The monoisotopic (exact) mass is 297 g/mol. The largest absolute Gasteiger partial charge is 0.352 e. The predicted octanol–water partition coefficient (Wildman–Crippen LogP) is 3.42. The Bertz CT molecular complexity index is 510. The molecule has 0 bridgehead atoms. The first kappa shape index (κ1) is 12.1. The van der Waals surface area contributed by atoms with E-state index in [-0.39, 0.29) is 5.82 Å². The quantitative estimate of drug-likeness (QED) is 0.937. The third kappa shape index (κ3) is 2.85. The molecular formula is C12H13BrFN3. The van der Waals surface area contributed by atoms with Gasteiger partial charge in [0, 0.05) is 30.0 Å². The second-order valence-electron chi connectivity index (χ2n) is 3.63. The van der Waals surface area contributed by atoms with Crippen molar-refractivity contribution in [1.82, 2.24) is 9.55 Å². The molecule has 0 fully saturated rings. The van der Waals surface area contributed by atoms with E-state index in [1.807, 2.05) is 17.7 Å². The standard InChI is InChI=1S/C12H13BrFN3/c1-2-17-6-5-15-12(17)16-8-9-7-10(14)3-4-11(9)13/h3-7H,2,8H2,1H3,(H,15,16). The van der Waals surface area contributed by atoms with Gasteiger partial charge in [-0.25, -0.2) is 9.37 Å². The molecule has 0 aliphatic rings. The number of aromatic nitrogens is 2. The van der Waals surface area contributed by atoms with Crippen LogP contribution in [-0.2, 0) is 13.1 Å². The topological polar surface area (TPSA) is 29.9 Å². The summed E-state index contributed by atoms with van der Waals surface area (Å²) in [6.07, 6.45) is 3.65. The number of anilines is 1. The Morgan fingerprint density at radius 1 is 1.47 bits per heavy atom. The lowest BCUT2D eigenvalue weighted by molar-refractivity contribution is 0.625. The van der Waals surface area contributed by atoms with Gasteiger partial charge in [-0.2, -0.15) is 0 Å². The van der Waals surface area contributed by atoms with Crippen molar-refractivity contribution < 1.29 is 4.39 Å². The van der Waals surface area contributed by atoms with E-state index in [2.05, 4.69) is 26.2 Å². The molecule has 0 amide bonds. The number of hydrogen-bond donors (Lipinski definition) is 1. The third-order valence-electron chi connectivity index (χ3n) is 2.50. The Morgan fingerprint density at radius 3 is 3.06 bits per heavy atom. The summed E-state index contributed by atoms with van der Waals surface area (Å²) in [6.45, 7) is 3.44. The first-order chi connectivity index (χ1) is 8.20. The number of nitrogens with zero attached hydrogens (tertiary/aromatic N) is 2. The minimum atomic E-state index is -0.233. The Kier molecular flexibility index (Phi) is 3.78. The molecule has 1 N–H and O–H groups in total. The van der Waals surface area contributed by atoms with Crippen LogP contribution in [0.3, 0.4) is 0 Å². The van der Waals surface area contributed by atoms with Gasteiger partial charge in [-0.05, 0) is 30.7 Å². The van der Waals surface area contributed by atoms with Crippen molar-refractivity contribution in [2.75, 3.05) is 5.32 Å². The van der Waals surface area contributed by atoms with Crippen LogP contribution in [0.5, 0.6) is 0 Å². The van der Waals surface area contributed by atoms with Gasteiger partial charge in [0.1, 0.15) is 5.82 Å². The molecule has 1 aromatic carbocycles. The van der Waals surface area contributed by atoms with Gasteiger partial charge in [-0.15, -0.1) is 0 Å². The maximum absolute atomic E-state index is 13.1. The van der Waals surface area contributed by atoms with Crippen LogP contribution in [0.2, 0.25) is 0 Å². The maximum atomic E-state index is 13.1. The minimum Gasteiger partial charge on any atom is -0.352 e. The number of benzene rings is 1. The number of aryl methyl sites for hydroxylation is 1. The molecule has 0 spiro atoms. The van der Waals surface area contributed by atoms with Gasteiger partial charge in [-0.1, -0.05) is 15.9 Å². The summed E-state index contributed by atoms with van der Waals surface area (Å²) >= 11 is 3.40. The van der Waals surface area contributed by atoms with Crippen molar-refractivity contribution >= 4 is 21.9 Å². The molecule has 3 nitrogen and oxygen atoms in total. The average molecular weight is 298 g/mol. The molecule has 17 heavy (non-hydrogen) atoms. The Balaban J connectivity index is 2.09. The van der Waals surface area contributed by atoms with Gasteiger partial charge in [0.25, 0.3) is 0 Å². The van der Waals surface area contributed by atoms with Gasteiger partial charge in [0.2, 0.25) is 5.95 Å². The van der Waals surface area contributed by atoms with Crippen LogP contribution >= 0.6 is 15.9 Å². The maximum Gasteiger partial charge on any atom is 0.203 e. The van der Waals surface area contributed by atoms with Gasteiger partial charge in [0.05, 0.1) is 0 Å². The van der Waals surface area contributed by atoms with E-state index in [0.29, 0.717) is 6.54 Å². The SMILES string of the molecule is CCn1ccnc1NCc1cc(F)ccc1Br. The lowest BCUT2D eigenvalue weighted by Crippen LogP contribution is -2.07. The van der Waals surface area contributed by atoms with Crippen molar-refractivity contribution in [3.63, 3.8) is 0 Å². The molecule has 2 rings (SSSR count). The lowest BCUT2D eigenvalue weighted by atomic mass is 10.2. The van der Waals surface area contributed by atoms with E-state index in [4.69, 9.17) is 0 Å². The van der Waals surface area contributed by atoms with Crippen molar-refractivity contribution in [3.05, 3.63) is 46.4 Å². The van der Waals surface area contributed by atoms with Crippen LogP contribution in [0.4, 0.5) is 10.3 Å². The molecule has 5 heteroatoms. The highest BCUT2D eigenvalue weighted by atomic mass is 79.9. The molecule has 0 radical (unpaired) electrons. The summed E-state index contributed by atoms with van der Waals surface area (Å²) in [5, 5.41) is 3.18. The van der Waals surface area contributed by atoms with E-state index in [9.17, 15) is 4.39 Å². The summed E-state index contributed by atoms with van der Waals surface area (Å²) in [6, 6.07) is 4.65. The molecule has 0 saturated carbocycles. The molecule has 0 saturated heterocycles. The van der Waals surface area contributed by atoms with Crippen LogP contribution in [0.1, 0.15) is 12.5 Å². The van der Waals surface area contributed by atoms with Crippen LogP contribution in [-0.4, -0.2) is 9.55 Å². The van der Waals surface area contributed by atoms with E-state index in [1.54, 1.807) is 12.3 Å². The van der Waals surface area contributed by atoms with Crippen molar-refractivity contribution in [2.24, 2.45) is 0 Å². The van der Waals surface area contributed by atoms with Gasteiger partial charge in [0.15, 0.2) is 0 Å². The number of imidazole rings is 1. The Hall–Kier alpha value is -1.36. The van der Waals surface area contributed by atoms with E-state index >= 15 is 0 Å². The van der Waals surface area contributed by atoms with Crippen LogP contribution in [0.25, 0.3) is 0 Å². The fourth-order valence-corrected chi connectivity index (χ4v) is 1.97. The van der Waals surface area contributed by atoms with E-state index < -0.39 is 0 Å². The normalized spacial score (nSPS) is 10.5. The zero-order valence-electron chi connectivity index (χ0n) is 9.45. The molecule has 0 aliphatic carbocycles. The summed E-state index contributed by atoms with van der Waals surface area (Å²) in [5.41, 5.74) is 0.871. The highest BCUT2D eigenvalue weighted by Crippen LogP contribution is 2.19. The summed E-state index contributed by atoms with van der Waals surface area (Å²) < 4.78 is 16.0. The molecule has 0 aliphatic heterocycles. The van der Waals surface area contributed by atoms with Crippen molar-refractivity contribution in [2.45, 2.75) is 20.0 Å². The lowest BCUT2D eigenvalue weighted by Gasteiger charge is -2.09. The summed E-state index contributed by atoms with van der Waals surface area (Å²) in [5.74, 6) is 0.562. The minimum absolute atomic E-state index is 0.233. The predicted molar refractivity (Wildman–Crippen MR) is 69.3 cm³/mol. The fourth-order valence-electron chi connectivity index (χ4n) is 1.58. The molecule has 0 unspecified atom stereocenters. The molecule has 0 atom stereocenters. The number of hydrogen-bond acceptors (Lipinski definition) is 2. The van der Waals surface area contributed by atoms with Gasteiger partial charge >= 0.3 is 0 Å². The van der Waals surface area contributed by atoms with Gasteiger partial charge in [-0.3, -0.25) is 0 Å². The molecule has 2 aromatic rings. The number of halogens is 2. The zero-order chi connectivity index (χ0) is 12.3. The van der Waals surface area contributed by atoms with E-state index in [1.165, 1.54) is 12.1 Å². The van der Waals surface area contributed by atoms with Crippen molar-refractivity contribution in [3.8, 4) is 0 Å². The highest BCUT2D eigenvalue weighted by Gasteiger charge is 2.04. The second-order valence-corrected chi connectivity index (χ2v) is 4.48. The Morgan fingerprint density at radius 2 is 2.29 bits per heavy atom. The molecule has 1 aromatic heterocycles.